The molecule has 0 aromatic heterocycles. The van der Waals surface area contributed by atoms with E-state index in [1.807, 2.05) is 0 Å². The van der Waals surface area contributed by atoms with Crippen molar-refractivity contribution in [1.82, 2.24) is 9.62 Å². The third kappa shape index (κ3) is 4.66. The number of methoxy groups -OCH3 is 1. The van der Waals surface area contributed by atoms with E-state index in [1.54, 1.807) is 45.3 Å². The zero-order valence-corrected chi connectivity index (χ0v) is 17.6. The lowest BCUT2D eigenvalue weighted by molar-refractivity contribution is 0.0783. The Morgan fingerprint density at radius 1 is 1.25 bits per heavy atom. The van der Waals surface area contributed by atoms with Crippen LogP contribution in [0.3, 0.4) is 0 Å². The Morgan fingerprint density at radius 3 is 2.61 bits per heavy atom. The number of hydrogen-bond donors (Lipinski definition) is 1. The summed E-state index contributed by atoms with van der Waals surface area (Å²) < 4.78 is 32.9. The second kappa shape index (κ2) is 8.11. The van der Waals surface area contributed by atoms with Crippen molar-refractivity contribution in [3.63, 3.8) is 0 Å². The van der Waals surface area contributed by atoms with Gasteiger partial charge in [-0.3, -0.25) is 4.79 Å². The number of hydrogen-bond acceptors (Lipinski definition) is 4. The van der Waals surface area contributed by atoms with Crippen LogP contribution in [0, 0.1) is 6.92 Å². The SMILES string of the molecule is COc1ccc(Cl)cc1CN(C)C(=O)c1cc(S(=O)(=O)NC2CC2)ccc1C. The first-order valence-corrected chi connectivity index (χ1v) is 10.8. The zero-order valence-electron chi connectivity index (χ0n) is 16.0. The number of ether oxygens (including phenoxy) is 1. The molecule has 6 nitrogen and oxygen atoms in total. The van der Waals surface area contributed by atoms with Crippen LogP contribution in [-0.2, 0) is 16.6 Å². The van der Waals surface area contributed by atoms with E-state index in [4.69, 9.17) is 16.3 Å². The fraction of sp³-hybridized carbons (Fsp3) is 0.350. The molecule has 2 aromatic carbocycles. The van der Waals surface area contributed by atoms with E-state index < -0.39 is 10.0 Å². The Labute approximate surface area is 170 Å². The van der Waals surface area contributed by atoms with Gasteiger partial charge in [-0.1, -0.05) is 17.7 Å². The fourth-order valence-electron chi connectivity index (χ4n) is 2.89. The van der Waals surface area contributed by atoms with Crippen LogP contribution in [0.2, 0.25) is 5.02 Å². The summed E-state index contributed by atoms with van der Waals surface area (Å²) >= 11 is 6.06. The lowest BCUT2D eigenvalue weighted by Gasteiger charge is -2.20. The first kappa shape index (κ1) is 20.6. The van der Waals surface area contributed by atoms with Crippen LogP contribution >= 0.6 is 11.6 Å². The van der Waals surface area contributed by atoms with Crippen LogP contribution in [-0.4, -0.2) is 39.4 Å². The predicted molar refractivity (Wildman–Crippen MR) is 108 cm³/mol. The summed E-state index contributed by atoms with van der Waals surface area (Å²) in [6.07, 6.45) is 1.70. The highest BCUT2D eigenvalue weighted by Crippen LogP contribution is 2.26. The van der Waals surface area contributed by atoms with Crippen molar-refractivity contribution in [3.05, 3.63) is 58.1 Å². The number of benzene rings is 2. The van der Waals surface area contributed by atoms with Crippen molar-refractivity contribution in [1.29, 1.82) is 0 Å². The summed E-state index contributed by atoms with van der Waals surface area (Å²) in [7, 11) is -0.415. The topological polar surface area (TPSA) is 75.7 Å². The van der Waals surface area contributed by atoms with Gasteiger partial charge in [-0.05, 0) is 55.7 Å². The summed E-state index contributed by atoms with van der Waals surface area (Å²) in [6.45, 7) is 2.06. The van der Waals surface area contributed by atoms with Crippen LogP contribution in [0.25, 0.3) is 0 Å². The number of rotatable bonds is 7. The number of amides is 1. The number of carbonyl (C=O) groups excluding carboxylic acids is 1. The van der Waals surface area contributed by atoms with Gasteiger partial charge in [-0.15, -0.1) is 0 Å². The second-order valence-electron chi connectivity index (χ2n) is 6.99. The van der Waals surface area contributed by atoms with Gasteiger partial charge in [0.15, 0.2) is 0 Å². The summed E-state index contributed by atoms with van der Waals surface area (Å²) in [5.74, 6) is 0.355. The van der Waals surface area contributed by atoms with Gasteiger partial charge in [-0.25, -0.2) is 13.1 Å². The van der Waals surface area contributed by atoms with Crippen molar-refractivity contribution in [2.24, 2.45) is 0 Å². The van der Waals surface area contributed by atoms with Crippen LogP contribution in [0.4, 0.5) is 0 Å². The molecule has 0 atom stereocenters. The minimum atomic E-state index is -3.63. The van der Waals surface area contributed by atoms with Crippen molar-refractivity contribution >= 4 is 27.5 Å². The average molecular weight is 423 g/mol. The van der Waals surface area contributed by atoms with Gasteiger partial charge in [0.05, 0.1) is 12.0 Å². The molecule has 0 radical (unpaired) electrons. The average Bonchev–Trinajstić information content (AvgIpc) is 3.44. The first-order chi connectivity index (χ1) is 13.2. The molecule has 28 heavy (non-hydrogen) atoms. The molecule has 1 aliphatic carbocycles. The Hall–Kier alpha value is -2.09. The standard InChI is InChI=1S/C20H23ClN2O4S/c1-13-4-8-17(28(25,26)22-16-6-7-16)11-18(13)20(24)23(2)12-14-10-15(21)5-9-19(14)27-3/h4-5,8-11,16,22H,6-7,12H2,1-3H3. The first-order valence-electron chi connectivity index (χ1n) is 8.92. The van der Waals surface area contributed by atoms with Gasteiger partial charge in [0, 0.05) is 35.8 Å². The molecule has 0 aliphatic heterocycles. The second-order valence-corrected chi connectivity index (χ2v) is 9.14. The molecule has 0 unspecified atom stereocenters. The number of aryl methyl sites for hydroxylation is 1. The molecule has 0 saturated heterocycles. The summed E-state index contributed by atoms with van der Waals surface area (Å²) in [5, 5.41) is 0.548. The lowest BCUT2D eigenvalue weighted by atomic mass is 10.1. The molecule has 0 heterocycles. The van der Waals surface area contributed by atoms with Gasteiger partial charge in [-0.2, -0.15) is 0 Å². The van der Waals surface area contributed by atoms with Crippen molar-refractivity contribution in [2.45, 2.75) is 37.2 Å². The Balaban J connectivity index is 1.85. The zero-order chi connectivity index (χ0) is 20.5. The molecule has 150 valence electrons. The molecular weight excluding hydrogens is 400 g/mol. The molecule has 2 aromatic rings. The van der Waals surface area contributed by atoms with E-state index in [0.29, 0.717) is 21.9 Å². The maximum absolute atomic E-state index is 13.0. The molecular formula is C20H23ClN2O4S. The quantitative estimate of drug-likeness (QED) is 0.742. The molecule has 8 heteroatoms. The molecule has 0 bridgehead atoms. The minimum absolute atomic E-state index is 0.00317. The Bertz CT molecular complexity index is 1000. The number of carbonyl (C=O) groups is 1. The monoisotopic (exact) mass is 422 g/mol. The van der Waals surface area contributed by atoms with E-state index in [9.17, 15) is 13.2 Å². The number of halogens is 1. The van der Waals surface area contributed by atoms with Crippen LogP contribution in [0.5, 0.6) is 5.75 Å². The Kier molecular flexibility index (Phi) is 5.98. The van der Waals surface area contributed by atoms with Gasteiger partial charge in [0.1, 0.15) is 5.75 Å². The van der Waals surface area contributed by atoms with Gasteiger partial charge >= 0.3 is 0 Å². The largest absolute Gasteiger partial charge is 0.496 e. The van der Waals surface area contributed by atoms with E-state index in [0.717, 1.165) is 18.4 Å². The highest BCUT2D eigenvalue weighted by molar-refractivity contribution is 7.89. The summed E-state index contributed by atoms with van der Waals surface area (Å²) in [4.78, 5) is 14.6. The molecule has 1 fully saturated rings. The van der Waals surface area contributed by atoms with E-state index in [-0.39, 0.29) is 23.4 Å². The number of nitrogens with one attached hydrogen (secondary N) is 1. The van der Waals surface area contributed by atoms with Crippen molar-refractivity contribution < 1.29 is 17.9 Å². The van der Waals surface area contributed by atoms with Crippen molar-refractivity contribution in [2.75, 3.05) is 14.2 Å². The lowest BCUT2D eigenvalue weighted by Crippen LogP contribution is -2.29. The normalized spacial score (nSPS) is 14.0. The van der Waals surface area contributed by atoms with E-state index in [2.05, 4.69) is 4.72 Å². The molecule has 0 spiro atoms. The molecule has 1 saturated carbocycles. The maximum atomic E-state index is 13.0. The van der Waals surface area contributed by atoms with E-state index >= 15 is 0 Å². The van der Waals surface area contributed by atoms with Crippen LogP contribution < -0.4 is 9.46 Å². The van der Waals surface area contributed by atoms with Gasteiger partial charge < -0.3 is 9.64 Å². The third-order valence-electron chi connectivity index (χ3n) is 4.65. The fourth-order valence-corrected chi connectivity index (χ4v) is 4.42. The number of nitrogens with zero attached hydrogens (tertiary/aromatic N) is 1. The third-order valence-corrected chi connectivity index (χ3v) is 6.40. The van der Waals surface area contributed by atoms with Gasteiger partial charge in [0.25, 0.3) is 5.91 Å². The minimum Gasteiger partial charge on any atom is -0.496 e. The summed E-state index contributed by atoms with van der Waals surface area (Å²) in [5.41, 5.74) is 1.82. The molecule has 3 rings (SSSR count). The van der Waals surface area contributed by atoms with Crippen LogP contribution in [0.1, 0.15) is 34.3 Å². The number of sulfonamides is 1. The molecule has 1 amide bonds. The molecule has 1 N–H and O–H groups in total. The van der Waals surface area contributed by atoms with E-state index in [1.165, 1.54) is 17.0 Å². The highest BCUT2D eigenvalue weighted by Gasteiger charge is 2.29. The highest BCUT2D eigenvalue weighted by atomic mass is 35.5. The Morgan fingerprint density at radius 2 is 1.96 bits per heavy atom. The molecule has 1 aliphatic rings. The van der Waals surface area contributed by atoms with Crippen molar-refractivity contribution in [3.8, 4) is 5.75 Å². The predicted octanol–water partition coefficient (Wildman–Crippen LogP) is 3.37. The van der Waals surface area contributed by atoms with Gasteiger partial charge in [0.2, 0.25) is 10.0 Å². The summed E-state index contributed by atoms with van der Waals surface area (Å²) in [6, 6.07) is 9.84. The maximum Gasteiger partial charge on any atom is 0.254 e. The van der Waals surface area contributed by atoms with Crippen LogP contribution in [0.15, 0.2) is 41.3 Å². The smallest absolute Gasteiger partial charge is 0.254 e.